The Kier molecular flexibility index (Phi) is 3.46. The van der Waals surface area contributed by atoms with Crippen LogP contribution in [0, 0.1) is 5.92 Å². The standard InChI is InChI=1S/C9H15NO4/c1-6-5-10(3-2-7(6)11)8(12)4-9(13)14/h6-7,11H,2-5H2,1H3,(H,13,14). The van der Waals surface area contributed by atoms with E-state index in [-0.39, 0.29) is 17.9 Å². The molecule has 0 spiro atoms. The lowest BCUT2D eigenvalue weighted by atomic mass is 9.96. The molecule has 2 atom stereocenters. The molecule has 2 N–H and O–H groups in total. The Balaban J connectivity index is 2.46. The minimum atomic E-state index is -1.10. The van der Waals surface area contributed by atoms with Crippen molar-refractivity contribution in [1.82, 2.24) is 4.90 Å². The molecule has 80 valence electrons. The van der Waals surface area contributed by atoms with Gasteiger partial charge >= 0.3 is 5.97 Å². The number of carbonyl (C=O) groups excluding carboxylic acids is 1. The van der Waals surface area contributed by atoms with Gasteiger partial charge in [-0.2, -0.15) is 0 Å². The molecule has 0 radical (unpaired) electrons. The Morgan fingerprint density at radius 3 is 2.64 bits per heavy atom. The number of carboxylic acids is 1. The summed E-state index contributed by atoms with van der Waals surface area (Å²) in [6.07, 6.45) is -0.293. The fourth-order valence-electron chi connectivity index (χ4n) is 1.60. The summed E-state index contributed by atoms with van der Waals surface area (Å²) in [5, 5.41) is 17.8. The number of hydrogen-bond acceptors (Lipinski definition) is 3. The van der Waals surface area contributed by atoms with Crippen LogP contribution in [-0.4, -0.2) is 46.2 Å². The molecule has 0 aromatic carbocycles. The molecule has 2 unspecified atom stereocenters. The topological polar surface area (TPSA) is 77.8 Å². The van der Waals surface area contributed by atoms with E-state index in [1.54, 1.807) is 0 Å². The fourth-order valence-corrected chi connectivity index (χ4v) is 1.60. The average molecular weight is 201 g/mol. The predicted octanol–water partition coefficient (Wildman–Crippen LogP) is -0.310. The molecule has 14 heavy (non-hydrogen) atoms. The fraction of sp³-hybridized carbons (Fsp3) is 0.778. The Hall–Kier alpha value is -1.10. The lowest BCUT2D eigenvalue weighted by Crippen LogP contribution is -2.45. The first-order valence-electron chi connectivity index (χ1n) is 4.68. The first kappa shape index (κ1) is 11.0. The van der Waals surface area contributed by atoms with Crippen molar-refractivity contribution in [3.8, 4) is 0 Å². The van der Waals surface area contributed by atoms with Gasteiger partial charge in [0, 0.05) is 13.1 Å². The van der Waals surface area contributed by atoms with Crippen molar-refractivity contribution in [2.24, 2.45) is 5.92 Å². The molecule has 1 amide bonds. The monoisotopic (exact) mass is 201 g/mol. The van der Waals surface area contributed by atoms with Crippen molar-refractivity contribution in [2.45, 2.75) is 25.9 Å². The average Bonchev–Trinajstić information content (AvgIpc) is 2.08. The van der Waals surface area contributed by atoms with Gasteiger partial charge in [0.2, 0.25) is 5.91 Å². The first-order valence-corrected chi connectivity index (χ1v) is 4.68. The number of aliphatic carboxylic acids is 1. The number of piperidine rings is 1. The van der Waals surface area contributed by atoms with Gasteiger partial charge in [-0.3, -0.25) is 9.59 Å². The van der Waals surface area contributed by atoms with Crippen molar-refractivity contribution < 1.29 is 19.8 Å². The van der Waals surface area contributed by atoms with Crippen LogP contribution in [0.4, 0.5) is 0 Å². The number of likely N-dealkylation sites (tertiary alicyclic amines) is 1. The van der Waals surface area contributed by atoms with Crippen LogP contribution >= 0.6 is 0 Å². The highest BCUT2D eigenvalue weighted by Gasteiger charge is 2.27. The molecule has 0 saturated carbocycles. The summed E-state index contributed by atoms with van der Waals surface area (Å²) < 4.78 is 0. The van der Waals surface area contributed by atoms with Crippen LogP contribution in [0.2, 0.25) is 0 Å². The van der Waals surface area contributed by atoms with Gasteiger partial charge in [-0.1, -0.05) is 6.92 Å². The van der Waals surface area contributed by atoms with Crippen LogP contribution in [-0.2, 0) is 9.59 Å². The Morgan fingerprint density at radius 1 is 1.50 bits per heavy atom. The second-order valence-electron chi connectivity index (χ2n) is 3.74. The van der Waals surface area contributed by atoms with Crippen LogP contribution < -0.4 is 0 Å². The van der Waals surface area contributed by atoms with E-state index in [1.807, 2.05) is 6.92 Å². The number of hydrogen-bond donors (Lipinski definition) is 2. The summed E-state index contributed by atoms with van der Waals surface area (Å²) >= 11 is 0. The SMILES string of the molecule is CC1CN(C(=O)CC(=O)O)CCC1O. The molecular formula is C9H15NO4. The second kappa shape index (κ2) is 4.41. The smallest absolute Gasteiger partial charge is 0.312 e. The molecule has 0 aromatic rings. The molecule has 0 aliphatic carbocycles. The molecule has 1 aliphatic rings. The molecule has 5 heteroatoms. The zero-order chi connectivity index (χ0) is 10.7. The van der Waals surface area contributed by atoms with E-state index in [1.165, 1.54) is 4.90 Å². The molecule has 1 saturated heterocycles. The van der Waals surface area contributed by atoms with E-state index in [9.17, 15) is 14.7 Å². The zero-order valence-electron chi connectivity index (χ0n) is 8.14. The van der Waals surface area contributed by atoms with Gasteiger partial charge in [0.15, 0.2) is 0 Å². The van der Waals surface area contributed by atoms with E-state index in [0.29, 0.717) is 19.5 Å². The summed E-state index contributed by atoms with van der Waals surface area (Å²) in [4.78, 5) is 23.1. The van der Waals surface area contributed by atoms with E-state index >= 15 is 0 Å². The second-order valence-corrected chi connectivity index (χ2v) is 3.74. The lowest BCUT2D eigenvalue weighted by molar-refractivity contribution is -0.145. The van der Waals surface area contributed by atoms with E-state index in [2.05, 4.69) is 0 Å². The van der Waals surface area contributed by atoms with Crippen molar-refractivity contribution in [3.05, 3.63) is 0 Å². The third-order valence-corrected chi connectivity index (χ3v) is 2.52. The van der Waals surface area contributed by atoms with Crippen LogP contribution in [0.1, 0.15) is 19.8 Å². The Bertz CT molecular complexity index is 241. The Labute approximate surface area is 82.3 Å². The molecule has 1 heterocycles. The normalized spacial score (nSPS) is 27.4. The minimum Gasteiger partial charge on any atom is -0.481 e. The minimum absolute atomic E-state index is 0.0292. The third kappa shape index (κ3) is 2.70. The summed E-state index contributed by atoms with van der Waals surface area (Å²) in [7, 11) is 0. The maximum Gasteiger partial charge on any atom is 0.312 e. The molecule has 0 bridgehead atoms. The quantitative estimate of drug-likeness (QED) is 0.601. The van der Waals surface area contributed by atoms with Gasteiger partial charge in [0.05, 0.1) is 6.10 Å². The number of aliphatic hydroxyl groups is 1. The van der Waals surface area contributed by atoms with Gasteiger partial charge in [-0.15, -0.1) is 0 Å². The zero-order valence-corrected chi connectivity index (χ0v) is 8.14. The van der Waals surface area contributed by atoms with Gasteiger partial charge in [-0.25, -0.2) is 0 Å². The summed E-state index contributed by atoms with van der Waals surface area (Å²) in [5.74, 6) is -1.44. The van der Waals surface area contributed by atoms with Gasteiger partial charge in [0.1, 0.15) is 6.42 Å². The number of nitrogens with zero attached hydrogens (tertiary/aromatic N) is 1. The number of carbonyl (C=O) groups is 2. The summed E-state index contributed by atoms with van der Waals surface area (Å²) in [6, 6.07) is 0. The largest absolute Gasteiger partial charge is 0.481 e. The van der Waals surface area contributed by atoms with Crippen LogP contribution in [0.25, 0.3) is 0 Å². The Morgan fingerprint density at radius 2 is 2.14 bits per heavy atom. The van der Waals surface area contributed by atoms with E-state index in [4.69, 9.17) is 5.11 Å². The molecule has 5 nitrogen and oxygen atoms in total. The van der Waals surface area contributed by atoms with E-state index in [0.717, 1.165) is 0 Å². The van der Waals surface area contributed by atoms with E-state index < -0.39 is 12.4 Å². The molecule has 1 rings (SSSR count). The highest BCUT2D eigenvalue weighted by Crippen LogP contribution is 2.16. The van der Waals surface area contributed by atoms with Crippen molar-refractivity contribution in [1.29, 1.82) is 0 Å². The molecule has 1 fully saturated rings. The summed E-state index contributed by atoms with van der Waals surface area (Å²) in [6.45, 7) is 2.76. The molecular weight excluding hydrogens is 186 g/mol. The molecule has 1 aliphatic heterocycles. The number of aliphatic hydroxyl groups excluding tert-OH is 1. The highest BCUT2D eigenvalue weighted by atomic mass is 16.4. The maximum atomic E-state index is 11.3. The van der Waals surface area contributed by atoms with Crippen LogP contribution in [0.5, 0.6) is 0 Å². The predicted molar refractivity (Wildman–Crippen MR) is 48.6 cm³/mol. The highest BCUT2D eigenvalue weighted by molar-refractivity contribution is 5.93. The lowest BCUT2D eigenvalue weighted by Gasteiger charge is -2.34. The number of carboxylic acid groups (broad SMARTS) is 1. The van der Waals surface area contributed by atoms with Crippen molar-refractivity contribution in [2.75, 3.05) is 13.1 Å². The number of amides is 1. The first-order chi connectivity index (χ1) is 6.50. The van der Waals surface area contributed by atoms with Crippen LogP contribution in [0.3, 0.4) is 0 Å². The summed E-state index contributed by atoms with van der Waals surface area (Å²) in [5.41, 5.74) is 0. The maximum absolute atomic E-state index is 11.3. The van der Waals surface area contributed by atoms with Gasteiger partial charge < -0.3 is 15.1 Å². The van der Waals surface area contributed by atoms with Gasteiger partial charge in [0.25, 0.3) is 0 Å². The van der Waals surface area contributed by atoms with Crippen molar-refractivity contribution >= 4 is 11.9 Å². The van der Waals surface area contributed by atoms with Crippen molar-refractivity contribution in [3.63, 3.8) is 0 Å². The molecule has 0 aromatic heterocycles. The van der Waals surface area contributed by atoms with Crippen LogP contribution in [0.15, 0.2) is 0 Å². The third-order valence-electron chi connectivity index (χ3n) is 2.52. The van der Waals surface area contributed by atoms with Gasteiger partial charge in [-0.05, 0) is 12.3 Å². The number of rotatable bonds is 2.